The van der Waals surface area contributed by atoms with Gasteiger partial charge in [0.1, 0.15) is 0 Å². The number of anilines is 2. The highest BCUT2D eigenvalue weighted by Gasteiger charge is 2.34. The monoisotopic (exact) mass is 416 g/mol. The summed E-state index contributed by atoms with van der Waals surface area (Å²) in [6.07, 6.45) is -3.75. The van der Waals surface area contributed by atoms with Crippen LogP contribution in [0, 0.1) is 11.3 Å². The Morgan fingerprint density at radius 3 is 2.47 bits per heavy atom. The van der Waals surface area contributed by atoms with Gasteiger partial charge in [-0.25, -0.2) is 0 Å². The Morgan fingerprint density at radius 2 is 1.83 bits per heavy atom. The molecular formula is C22H23F3N4O. The van der Waals surface area contributed by atoms with Gasteiger partial charge >= 0.3 is 6.18 Å². The third kappa shape index (κ3) is 5.10. The quantitative estimate of drug-likeness (QED) is 0.803. The van der Waals surface area contributed by atoms with Crippen molar-refractivity contribution >= 4 is 17.3 Å². The molecule has 1 N–H and O–H groups in total. The van der Waals surface area contributed by atoms with Crippen molar-refractivity contribution in [2.45, 2.75) is 19.5 Å². The van der Waals surface area contributed by atoms with Gasteiger partial charge in [-0.3, -0.25) is 9.69 Å². The Labute approximate surface area is 173 Å². The van der Waals surface area contributed by atoms with Crippen LogP contribution in [0.1, 0.15) is 23.6 Å². The smallest absolute Gasteiger partial charge is 0.369 e. The Bertz CT molecular complexity index is 944. The van der Waals surface area contributed by atoms with E-state index in [9.17, 15) is 18.0 Å². The first-order valence-corrected chi connectivity index (χ1v) is 9.78. The number of benzene rings is 2. The maximum Gasteiger partial charge on any atom is 0.417 e. The lowest BCUT2D eigenvalue weighted by Crippen LogP contribution is -2.48. The van der Waals surface area contributed by atoms with Gasteiger partial charge in [0.25, 0.3) is 0 Å². The number of hydrogen-bond acceptors (Lipinski definition) is 4. The summed E-state index contributed by atoms with van der Waals surface area (Å²) in [5.74, 6) is -0.109. The van der Waals surface area contributed by atoms with Crippen molar-refractivity contribution < 1.29 is 18.0 Å². The second kappa shape index (κ2) is 9.18. The van der Waals surface area contributed by atoms with Crippen LogP contribution in [0.5, 0.6) is 0 Å². The van der Waals surface area contributed by atoms with Gasteiger partial charge in [0.2, 0.25) is 5.91 Å². The largest absolute Gasteiger partial charge is 0.417 e. The van der Waals surface area contributed by atoms with Crippen molar-refractivity contribution in [3.8, 4) is 6.07 Å². The van der Waals surface area contributed by atoms with E-state index < -0.39 is 11.7 Å². The van der Waals surface area contributed by atoms with Gasteiger partial charge in [-0.15, -0.1) is 0 Å². The fraction of sp³-hybridized carbons (Fsp3) is 0.364. The van der Waals surface area contributed by atoms with Crippen molar-refractivity contribution in [1.29, 1.82) is 5.26 Å². The number of nitrogens with one attached hydrogen (secondary N) is 1. The first kappa shape index (κ1) is 21.7. The van der Waals surface area contributed by atoms with Gasteiger partial charge in [-0.1, -0.05) is 25.1 Å². The van der Waals surface area contributed by atoms with E-state index in [2.05, 4.69) is 5.32 Å². The maximum atomic E-state index is 13.2. The molecule has 0 atom stereocenters. The Balaban J connectivity index is 1.59. The summed E-state index contributed by atoms with van der Waals surface area (Å²) in [6.45, 7) is 4.38. The molecule has 0 bridgehead atoms. The minimum Gasteiger partial charge on any atom is -0.369 e. The molecule has 0 aromatic heterocycles. The summed E-state index contributed by atoms with van der Waals surface area (Å²) >= 11 is 0. The topological polar surface area (TPSA) is 59.4 Å². The van der Waals surface area contributed by atoms with Gasteiger partial charge < -0.3 is 10.2 Å². The highest BCUT2D eigenvalue weighted by Crippen LogP contribution is 2.34. The molecule has 1 aliphatic heterocycles. The molecule has 1 fully saturated rings. The fourth-order valence-electron chi connectivity index (χ4n) is 3.57. The molecule has 2 aromatic rings. The molecular weight excluding hydrogens is 393 g/mol. The zero-order valence-corrected chi connectivity index (χ0v) is 16.7. The van der Waals surface area contributed by atoms with Gasteiger partial charge in [0, 0.05) is 37.6 Å². The third-order valence-electron chi connectivity index (χ3n) is 5.21. The van der Waals surface area contributed by atoms with Crippen molar-refractivity contribution in [1.82, 2.24) is 4.90 Å². The molecule has 5 nitrogen and oxygen atoms in total. The first-order valence-electron chi connectivity index (χ1n) is 9.78. The maximum absolute atomic E-state index is 13.2. The van der Waals surface area contributed by atoms with E-state index in [1.807, 2.05) is 41.0 Å². The van der Waals surface area contributed by atoms with Crippen LogP contribution in [0.15, 0.2) is 42.5 Å². The van der Waals surface area contributed by atoms with Crippen LogP contribution in [0.25, 0.3) is 0 Å². The van der Waals surface area contributed by atoms with Crippen molar-refractivity contribution in [3.05, 3.63) is 59.2 Å². The molecule has 8 heteroatoms. The second-order valence-electron chi connectivity index (χ2n) is 7.16. The summed E-state index contributed by atoms with van der Waals surface area (Å²) in [5, 5.41) is 11.9. The van der Waals surface area contributed by atoms with Crippen LogP contribution in [-0.2, 0) is 17.4 Å². The standard InChI is InChI=1S/C22H23F3N4O/c1-2-16-5-3-4-6-20(16)27-21(30)15-28-9-11-29(12-10-28)18-8-7-17(14-26)19(13-18)22(23,24)25/h3-8,13H,2,9-12,15H2,1H3,(H,27,30). The van der Waals surface area contributed by atoms with E-state index in [0.717, 1.165) is 23.7 Å². The number of nitrogens with zero attached hydrogens (tertiary/aromatic N) is 3. The number of halogens is 3. The number of para-hydroxylation sites is 1. The molecule has 0 spiro atoms. The SMILES string of the molecule is CCc1ccccc1NC(=O)CN1CCN(c2ccc(C#N)c(C(F)(F)F)c2)CC1. The highest BCUT2D eigenvalue weighted by molar-refractivity contribution is 5.93. The molecule has 0 radical (unpaired) electrons. The normalized spacial score (nSPS) is 15.0. The van der Waals surface area contributed by atoms with E-state index >= 15 is 0 Å². The summed E-state index contributed by atoms with van der Waals surface area (Å²) < 4.78 is 39.6. The number of amides is 1. The average Bonchev–Trinajstić information content (AvgIpc) is 2.73. The summed E-state index contributed by atoms with van der Waals surface area (Å²) in [5.41, 5.74) is 1.01. The lowest BCUT2D eigenvalue weighted by Gasteiger charge is -2.36. The number of hydrogen-bond donors (Lipinski definition) is 1. The molecule has 0 saturated carbocycles. The number of piperazine rings is 1. The van der Waals surface area contributed by atoms with Crippen LogP contribution in [0.3, 0.4) is 0 Å². The predicted molar refractivity (Wildman–Crippen MR) is 109 cm³/mol. The van der Waals surface area contributed by atoms with Crippen LogP contribution in [0.4, 0.5) is 24.5 Å². The second-order valence-corrected chi connectivity index (χ2v) is 7.16. The number of carbonyl (C=O) groups excluding carboxylic acids is 1. The van der Waals surface area contributed by atoms with Crippen LogP contribution >= 0.6 is 0 Å². The third-order valence-corrected chi connectivity index (χ3v) is 5.21. The van der Waals surface area contributed by atoms with E-state index in [0.29, 0.717) is 31.9 Å². The molecule has 1 saturated heterocycles. The number of carbonyl (C=O) groups is 1. The number of alkyl halides is 3. The number of aryl methyl sites for hydroxylation is 1. The highest BCUT2D eigenvalue weighted by atomic mass is 19.4. The summed E-state index contributed by atoms with van der Waals surface area (Å²) in [7, 11) is 0. The Hall–Kier alpha value is -3.05. The van der Waals surface area contributed by atoms with E-state index in [1.165, 1.54) is 12.1 Å². The van der Waals surface area contributed by atoms with Crippen molar-refractivity contribution in [2.75, 3.05) is 42.9 Å². The van der Waals surface area contributed by atoms with E-state index in [-0.39, 0.29) is 18.0 Å². The summed E-state index contributed by atoms with van der Waals surface area (Å²) in [4.78, 5) is 16.2. The molecule has 30 heavy (non-hydrogen) atoms. The van der Waals surface area contributed by atoms with Gasteiger partial charge in [0.05, 0.1) is 23.7 Å². The van der Waals surface area contributed by atoms with E-state index in [1.54, 1.807) is 6.07 Å². The molecule has 1 heterocycles. The number of rotatable bonds is 5. The van der Waals surface area contributed by atoms with Crippen LogP contribution < -0.4 is 10.2 Å². The molecule has 1 amide bonds. The summed E-state index contributed by atoms with van der Waals surface area (Å²) in [6, 6.07) is 13.0. The molecule has 0 unspecified atom stereocenters. The lowest BCUT2D eigenvalue weighted by molar-refractivity contribution is -0.137. The molecule has 3 rings (SSSR count). The Kier molecular flexibility index (Phi) is 6.63. The number of nitriles is 1. The van der Waals surface area contributed by atoms with Crippen molar-refractivity contribution in [2.24, 2.45) is 0 Å². The Morgan fingerprint density at radius 1 is 1.13 bits per heavy atom. The lowest BCUT2D eigenvalue weighted by atomic mass is 10.1. The zero-order chi connectivity index (χ0) is 21.7. The molecule has 0 aliphatic carbocycles. The van der Waals surface area contributed by atoms with Gasteiger partial charge in [-0.05, 0) is 36.2 Å². The van der Waals surface area contributed by atoms with E-state index in [4.69, 9.17) is 5.26 Å². The molecule has 1 aliphatic rings. The zero-order valence-electron chi connectivity index (χ0n) is 16.7. The first-order chi connectivity index (χ1) is 14.3. The average molecular weight is 416 g/mol. The van der Waals surface area contributed by atoms with Crippen molar-refractivity contribution in [3.63, 3.8) is 0 Å². The minimum absolute atomic E-state index is 0.109. The minimum atomic E-state index is -4.57. The predicted octanol–water partition coefficient (Wildman–Crippen LogP) is 3.90. The fourth-order valence-corrected chi connectivity index (χ4v) is 3.57. The molecule has 158 valence electrons. The van der Waals surface area contributed by atoms with Gasteiger partial charge in [0.15, 0.2) is 0 Å². The molecule has 2 aromatic carbocycles. The van der Waals surface area contributed by atoms with Gasteiger partial charge in [-0.2, -0.15) is 18.4 Å². The van der Waals surface area contributed by atoms with Crippen LogP contribution in [0.2, 0.25) is 0 Å². The van der Waals surface area contributed by atoms with Crippen LogP contribution in [-0.4, -0.2) is 43.5 Å².